The van der Waals surface area contributed by atoms with Crippen molar-refractivity contribution in [3.8, 4) is 0 Å². The summed E-state index contributed by atoms with van der Waals surface area (Å²) in [6.45, 7) is 6.40. The lowest BCUT2D eigenvalue weighted by atomic mass is 10.1. The van der Waals surface area contributed by atoms with Gasteiger partial charge in [-0.3, -0.25) is 9.59 Å². The summed E-state index contributed by atoms with van der Waals surface area (Å²) in [5, 5.41) is 0.548. The maximum atomic E-state index is 12.6. The van der Waals surface area contributed by atoms with Crippen LogP contribution in [0.4, 0.5) is 0 Å². The average Bonchev–Trinajstić information content (AvgIpc) is 3.01. The molecule has 1 aliphatic rings. The summed E-state index contributed by atoms with van der Waals surface area (Å²) in [4.78, 5) is 31.6. The molecule has 0 saturated carbocycles. The van der Waals surface area contributed by atoms with E-state index in [2.05, 4.69) is 9.97 Å². The summed E-state index contributed by atoms with van der Waals surface area (Å²) in [6, 6.07) is 3.10. The van der Waals surface area contributed by atoms with Crippen LogP contribution >= 0.6 is 11.8 Å². The van der Waals surface area contributed by atoms with Gasteiger partial charge in [-0.1, -0.05) is 11.8 Å². The van der Waals surface area contributed by atoms with E-state index in [4.69, 9.17) is 4.74 Å². The quantitative estimate of drug-likeness (QED) is 0.522. The van der Waals surface area contributed by atoms with Crippen LogP contribution in [-0.4, -0.2) is 66.3 Å². The molecule has 2 aromatic rings. The Bertz CT molecular complexity index is 1020. The number of H-pyrrole nitrogens is 1. The van der Waals surface area contributed by atoms with Crippen LogP contribution in [-0.2, 0) is 14.8 Å². The van der Waals surface area contributed by atoms with E-state index in [0.717, 1.165) is 0 Å². The van der Waals surface area contributed by atoms with Gasteiger partial charge in [0.1, 0.15) is 4.90 Å². The largest absolute Gasteiger partial charge is 0.379 e. The molecule has 0 aliphatic carbocycles. The molecule has 3 heterocycles. The van der Waals surface area contributed by atoms with Crippen LogP contribution in [0.3, 0.4) is 0 Å². The molecule has 2 aromatic heterocycles. The Morgan fingerprint density at radius 2 is 1.93 bits per heavy atom. The number of rotatable bonds is 7. The molecule has 0 radical (unpaired) electrons. The number of ether oxygens (including phenoxy) is 1. The van der Waals surface area contributed by atoms with Crippen molar-refractivity contribution >= 4 is 33.4 Å². The second-order valence-corrected chi connectivity index (χ2v) is 9.68. The molecule has 10 heteroatoms. The van der Waals surface area contributed by atoms with Gasteiger partial charge in [-0.25, -0.2) is 13.4 Å². The van der Waals surface area contributed by atoms with Crippen LogP contribution in [0.25, 0.3) is 0 Å². The Balaban J connectivity index is 1.67. The Morgan fingerprint density at radius 1 is 1.24 bits per heavy atom. The zero-order chi connectivity index (χ0) is 21.2. The van der Waals surface area contributed by atoms with Gasteiger partial charge in [-0.2, -0.15) is 4.31 Å². The number of hydrogen-bond donors (Lipinski definition) is 1. The van der Waals surface area contributed by atoms with Crippen molar-refractivity contribution in [2.45, 2.75) is 30.7 Å². The number of aryl methyl sites for hydroxylation is 1. The fourth-order valence-electron chi connectivity index (χ4n) is 3.31. The van der Waals surface area contributed by atoms with Crippen LogP contribution in [0.2, 0.25) is 0 Å². The third-order valence-corrected chi connectivity index (χ3v) is 7.56. The summed E-state index contributed by atoms with van der Waals surface area (Å²) in [6.07, 6.45) is 1.31. The van der Waals surface area contributed by atoms with E-state index in [9.17, 15) is 18.0 Å². The van der Waals surface area contributed by atoms with E-state index < -0.39 is 10.0 Å². The fourth-order valence-corrected chi connectivity index (χ4v) is 5.38. The third kappa shape index (κ3) is 4.61. The first-order valence-electron chi connectivity index (χ1n) is 9.12. The Morgan fingerprint density at radius 3 is 2.48 bits per heavy atom. The number of thioether (sulfide) groups is 1. The molecule has 0 spiro atoms. The number of aromatic nitrogens is 2. The van der Waals surface area contributed by atoms with Crippen molar-refractivity contribution in [2.75, 3.05) is 32.1 Å². The topological polar surface area (TPSA) is 109 Å². The van der Waals surface area contributed by atoms with Crippen molar-refractivity contribution in [1.82, 2.24) is 14.3 Å². The highest BCUT2D eigenvalue weighted by atomic mass is 32.2. The molecule has 0 atom stereocenters. The van der Waals surface area contributed by atoms with E-state index >= 15 is 0 Å². The SMILES string of the molecule is CC(=O)c1c(C)[nH]c(C(=O)CSc2ccc(S(=O)(=O)N3CCOCC3)cn2)c1C. The second kappa shape index (κ2) is 8.78. The molecule has 3 rings (SSSR count). The third-order valence-electron chi connectivity index (χ3n) is 4.74. The number of carbonyl (C=O) groups excluding carboxylic acids is 2. The van der Waals surface area contributed by atoms with Crippen LogP contribution in [0.5, 0.6) is 0 Å². The molecule has 1 aliphatic heterocycles. The number of ketones is 2. The van der Waals surface area contributed by atoms with Gasteiger partial charge in [0.15, 0.2) is 11.6 Å². The highest BCUT2D eigenvalue weighted by Crippen LogP contribution is 2.23. The predicted molar refractivity (Wildman–Crippen MR) is 109 cm³/mol. The van der Waals surface area contributed by atoms with E-state index in [0.29, 0.717) is 53.8 Å². The average molecular weight is 438 g/mol. The molecule has 1 saturated heterocycles. The summed E-state index contributed by atoms with van der Waals surface area (Å²) in [5.41, 5.74) is 2.31. The van der Waals surface area contributed by atoms with Crippen LogP contribution in [0, 0.1) is 13.8 Å². The van der Waals surface area contributed by atoms with Gasteiger partial charge >= 0.3 is 0 Å². The standard InChI is InChI=1S/C19H23N3O5S2/c1-12-18(14(3)23)13(2)21-19(12)16(24)11-28-17-5-4-15(10-20-17)29(25,26)22-6-8-27-9-7-22/h4-5,10,21H,6-9,11H2,1-3H3. The molecule has 1 N–H and O–H groups in total. The van der Waals surface area contributed by atoms with Gasteiger partial charge in [0.05, 0.1) is 29.7 Å². The Hall–Kier alpha value is -2.01. The fraction of sp³-hybridized carbons (Fsp3) is 0.421. The summed E-state index contributed by atoms with van der Waals surface area (Å²) in [5.74, 6) is -0.0997. The molecule has 156 valence electrons. The maximum Gasteiger partial charge on any atom is 0.244 e. The van der Waals surface area contributed by atoms with Gasteiger partial charge in [-0.05, 0) is 38.5 Å². The lowest BCUT2D eigenvalue weighted by Gasteiger charge is -2.25. The van der Waals surface area contributed by atoms with Crippen molar-refractivity contribution in [2.24, 2.45) is 0 Å². The molecule has 0 bridgehead atoms. The molecule has 8 nitrogen and oxygen atoms in total. The number of nitrogens with zero attached hydrogens (tertiary/aromatic N) is 2. The molecule has 1 fully saturated rings. The second-order valence-electron chi connectivity index (χ2n) is 6.74. The number of aromatic amines is 1. The Kier molecular flexibility index (Phi) is 6.57. The van der Waals surface area contributed by atoms with E-state index in [1.165, 1.54) is 35.3 Å². The predicted octanol–water partition coefficient (Wildman–Crippen LogP) is 2.23. The lowest BCUT2D eigenvalue weighted by molar-refractivity contribution is 0.0730. The number of sulfonamides is 1. The van der Waals surface area contributed by atoms with Gasteiger partial charge in [0.2, 0.25) is 10.0 Å². The lowest BCUT2D eigenvalue weighted by Crippen LogP contribution is -2.40. The van der Waals surface area contributed by atoms with E-state index in [1.807, 2.05) is 0 Å². The van der Waals surface area contributed by atoms with Gasteiger partial charge < -0.3 is 9.72 Å². The first-order valence-corrected chi connectivity index (χ1v) is 11.5. The molecular formula is C19H23N3O5S2. The number of nitrogens with one attached hydrogen (secondary N) is 1. The molecule has 0 unspecified atom stereocenters. The number of hydrogen-bond acceptors (Lipinski definition) is 7. The van der Waals surface area contributed by atoms with E-state index in [-0.39, 0.29) is 22.2 Å². The van der Waals surface area contributed by atoms with Crippen molar-refractivity contribution in [3.05, 3.63) is 40.8 Å². The van der Waals surface area contributed by atoms with Gasteiger partial charge in [0.25, 0.3) is 0 Å². The van der Waals surface area contributed by atoms with Crippen LogP contribution in [0.15, 0.2) is 28.3 Å². The minimum Gasteiger partial charge on any atom is -0.379 e. The minimum atomic E-state index is -3.59. The zero-order valence-corrected chi connectivity index (χ0v) is 18.2. The molecule has 0 amide bonds. The van der Waals surface area contributed by atoms with Crippen LogP contribution in [0.1, 0.15) is 39.0 Å². The first-order chi connectivity index (χ1) is 13.7. The van der Waals surface area contributed by atoms with Gasteiger partial charge in [-0.15, -0.1) is 0 Å². The van der Waals surface area contributed by atoms with Crippen LogP contribution < -0.4 is 0 Å². The van der Waals surface area contributed by atoms with Crippen molar-refractivity contribution < 1.29 is 22.7 Å². The summed E-state index contributed by atoms with van der Waals surface area (Å²) >= 11 is 1.22. The van der Waals surface area contributed by atoms with Crippen molar-refractivity contribution in [3.63, 3.8) is 0 Å². The number of carbonyl (C=O) groups is 2. The monoisotopic (exact) mass is 437 g/mol. The van der Waals surface area contributed by atoms with E-state index in [1.54, 1.807) is 19.9 Å². The molecule has 29 heavy (non-hydrogen) atoms. The minimum absolute atomic E-state index is 0.0818. The summed E-state index contributed by atoms with van der Waals surface area (Å²) < 4.78 is 31.8. The smallest absolute Gasteiger partial charge is 0.244 e. The van der Waals surface area contributed by atoms with Crippen molar-refractivity contribution in [1.29, 1.82) is 0 Å². The number of Topliss-reactive ketones (excluding diaryl/α,β-unsaturated/α-hetero) is 2. The highest BCUT2D eigenvalue weighted by Gasteiger charge is 2.26. The molecule has 0 aromatic carbocycles. The van der Waals surface area contributed by atoms with Gasteiger partial charge in [0, 0.05) is 30.5 Å². The zero-order valence-electron chi connectivity index (χ0n) is 16.5. The maximum absolute atomic E-state index is 12.6. The number of pyridine rings is 1. The molecular weight excluding hydrogens is 414 g/mol. The highest BCUT2D eigenvalue weighted by molar-refractivity contribution is 7.99. The number of morpholine rings is 1. The Labute approximate surface area is 174 Å². The normalized spacial score (nSPS) is 15.4. The first kappa shape index (κ1) is 21.7. The summed E-state index contributed by atoms with van der Waals surface area (Å²) in [7, 11) is -3.59.